The van der Waals surface area contributed by atoms with E-state index < -0.39 is 0 Å². The van der Waals surface area contributed by atoms with E-state index in [2.05, 4.69) is 35.5 Å². The summed E-state index contributed by atoms with van der Waals surface area (Å²) in [5.41, 5.74) is 10.5. The first-order valence-electron chi connectivity index (χ1n) is 9.91. The number of nitrogens with two attached hydrogens (primary N) is 1. The minimum atomic E-state index is 0.385. The third-order valence-electron chi connectivity index (χ3n) is 3.71. The molecule has 3 aromatic rings. The Balaban J connectivity index is 0.000000771. The van der Waals surface area contributed by atoms with Gasteiger partial charge >= 0.3 is 0 Å². The zero-order valence-electron chi connectivity index (χ0n) is 18.7. The second kappa shape index (κ2) is 11.6. The van der Waals surface area contributed by atoms with Crippen molar-refractivity contribution >= 4 is 11.4 Å². The zero-order valence-corrected chi connectivity index (χ0v) is 18.7. The van der Waals surface area contributed by atoms with Crippen LogP contribution in [0, 0.1) is 6.92 Å². The van der Waals surface area contributed by atoms with Crippen LogP contribution < -0.4 is 10.5 Å². The summed E-state index contributed by atoms with van der Waals surface area (Å²) >= 11 is 0. The highest BCUT2D eigenvalue weighted by molar-refractivity contribution is 5.75. The van der Waals surface area contributed by atoms with Crippen LogP contribution in [0.2, 0.25) is 0 Å². The fourth-order valence-electron chi connectivity index (χ4n) is 2.55. The Hall–Kier alpha value is -3.15. The van der Waals surface area contributed by atoms with E-state index in [0.717, 1.165) is 28.2 Å². The van der Waals surface area contributed by atoms with Gasteiger partial charge in [0.25, 0.3) is 0 Å². The number of benzene rings is 1. The average molecular weight is 396 g/mol. The third kappa shape index (κ3) is 5.91. The Morgan fingerprint density at radius 1 is 1.21 bits per heavy atom. The molecule has 6 heteroatoms. The van der Waals surface area contributed by atoms with Gasteiger partial charge in [0.05, 0.1) is 24.2 Å². The highest BCUT2D eigenvalue weighted by Gasteiger charge is 2.16. The van der Waals surface area contributed by atoms with Crippen LogP contribution in [-0.2, 0) is 0 Å². The van der Waals surface area contributed by atoms with Crippen molar-refractivity contribution in [1.82, 2.24) is 19.7 Å². The number of anilines is 1. The third-order valence-corrected chi connectivity index (χ3v) is 3.71. The maximum Gasteiger partial charge on any atom is 0.149 e. The molecule has 2 N–H and O–H groups in total. The summed E-state index contributed by atoms with van der Waals surface area (Å²) in [6.45, 7) is 15.9. The molecule has 0 aliphatic rings. The predicted octanol–water partition coefficient (Wildman–Crippen LogP) is 5.70. The number of allylic oxidation sites excluding steroid dienone is 1. The van der Waals surface area contributed by atoms with Crippen LogP contribution in [0.4, 0.5) is 5.82 Å². The van der Waals surface area contributed by atoms with Gasteiger partial charge in [0, 0.05) is 24.0 Å². The van der Waals surface area contributed by atoms with Crippen LogP contribution in [0.5, 0.6) is 5.75 Å². The number of ether oxygens (including phenoxy) is 1. The lowest BCUT2D eigenvalue weighted by Gasteiger charge is -2.14. The van der Waals surface area contributed by atoms with Crippen molar-refractivity contribution in [3.8, 4) is 22.7 Å². The summed E-state index contributed by atoms with van der Waals surface area (Å²) in [5.74, 6) is 1.08. The van der Waals surface area contributed by atoms with Crippen molar-refractivity contribution in [1.29, 1.82) is 0 Å². The van der Waals surface area contributed by atoms with Crippen molar-refractivity contribution in [2.24, 2.45) is 0 Å². The van der Waals surface area contributed by atoms with Crippen LogP contribution >= 0.6 is 0 Å². The Labute approximate surface area is 174 Å². The second-order valence-corrected chi connectivity index (χ2v) is 6.21. The lowest BCUT2D eigenvalue weighted by atomic mass is 10.1. The van der Waals surface area contributed by atoms with E-state index in [-0.39, 0.29) is 0 Å². The van der Waals surface area contributed by atoms with E-state index in [1.54, 1.807) is 18.0 Å². The minimum absolute atomic E-state index is 0.385. The first-order valence-corrected chi connectivity index (χ1v) is 9.91. The van der Waals surface area contributed by atoms with Crippen LogP contribution in [0.15, 0.2) is 43.2 Å². The van der Waals surface area contributed by atoms with E-state index in [9.17, 15) is 0 Å². The Morgan fingerprint density at radius 3 is 2.38 bits per heavy atom. The lowest BCUT2D eigenvalue weighted by Crippen LogP contribution is -2.05. The smallest absolute Gasteiger partial charge is 0.149 e. The molecule has 6 nitrogen and oxygen atoms in total. The second-order valence-electron chi connectivity index (χ2n) is 6.21. The Kier molecular flexibility index (Phi) is 9.59. The van der Waals surface area contributed by atoms with Gasteiger partial charge in [0.2, 0.25) is 0 Å². The molecule has 0 atom stereocenters. The molecule has 1 aromatic carbocycles. The fraction of sp³-hybridized carbons (Fsp3) is 0.348. The van der Waals surface area contributed by atoms with Crippen LogP contribution in [-0.4, -0.2) is 26.9 Å². The standard InChI is InChI=1S/C18H19N5O.C3H8.C2H6/c1-11(2)16-18(19)21-12(3)17(22-16)14-7-6-13(10-15(14)24-4)23-9-5-8-20-23;1-3-2;1-2/h5-10H,1H2,2-4H3,(H2,19,21);3H2,1-2H3;1-2H3. The summed E-state index contributed by atoms with van der Waals surface area (Å²) in [6.07, 6.45) is 4.86. The van der Waals surface area contributed by atoms with Crippen molar-refractivity contribution in [3.63, 3.8) is 0 Å². The molecule has 0 saturated heterocycles. The molecule has 0 aliphatic heterocycles. The number of hydrogen-bond donors (Lipinski definition) is 1. The molecule has 0 spiro atoms. The van der Waals surface area contributed by atoms with Gasteiger partial charge in [-0.2, -0.15) is 5.10 Å². The molecule has 0 unspecified atom stereocenters. The number of aryl methyl sites for hydroxylation is 1. The average Bonchev–Trinajstić information content (AvgIpc) is 3.24. The van der Waals surface area contributed by atoms with Gasteiger partial charge < -0.3 is 10.5 Å². The van der Waals surface area contributed by atoms with Crippen molar-refractivity contribution in [3.05, 3.63) is 54.6 Å². The molecule has 2 heterocycles. The molecule has 29 heavy (non-hydrogen) atoms. The topological polar surface area (TPSA) is 78.8 Å². The van der Waals surface area contributed by atoms with E-state index in [1.807, 2.05) is 58.2 Å². The quantitative estimate of drug-likeness (QED) is 0.612. The van der Waals surface area contributed by atoms with E-state index in [0.29, 0.717) is 17.3 Å². The maximum absolute atomic E-state index is 5.95. The maximum atomic E-state index is 5.95. The summed E-state index contributed by atoms with van der Waals surface area (Å²) in [6, 6.07) is 7.70. The first kappa shape index (κ1) is 23.9. The van der Waals surface area contributed by atoms with Crippen molar-refractivity contribution in [2.45, 2.75) is 48.0 Å². The van der Waals surface area contributed by atoms with Gasteiger partial charge in [-0.15, -0.1) is 0 Å². The zero-order chi connectivity index (χ0) is 22.0. The molecule has 0 radical (unpaired) electrons. The number of hydrogen-bond acceptors (Lipinski definition) is 5. The number of methoxy groups -OCH3 is 1. The number of aromatic nitrogens is 4. The van der Waals surface area contributed by atoms with Crippen molar-refractivity contribution < 1.29 is 4.74 Å². The van der Waals surface area contributed by atoms with E-state index >= 15 is 0 Å². The molecular weight excluding hydrogens is 362 g/mol. The van der Waals surface area contributed by atoms with Crippen LogP contribution in [0.25, 0.3) is 22.5 Å². The Morgan fingerprint density at radius 2 is 1.86 bits per heavy atom. The van der Waals surface area contributed by atoms with Gasteiger partial charge in [-0.1, -0.05) is 40.7 Å². The molecule has 2 aromatic heterocycles. The lowest BCUT2D eigenvalue weighted by molar-refractivity contribution is 0.416. The molecular formula is C23H33N5O. The molecule has 0 saturated carbocycles. The predicted molar refractivity (Wildman–Crippen MR) is 122 cm³/mol. The van der Waals surface area contributed by atoms with Gasteiger partial charge in [0.15, 0.2) is 0 Å². The molecule has 156 valence electrons. The van der Waals surface area contributed by atoms with Gasteiger partial charge in [-0.05, 0) is 37.6 Å². The molecule has 0 fully saturated rings. The number of nitrogen functional groups attached to an aromatic ring is 1. The highest BCUT2D eigenvalue weighted by Crippen LogP contribution is 2.33. The van der Waals surface area contributed by atoms with E-state index in [1.165, 1.54) is 6.42 Å². The van der Waals surface area contributed by atoms with Gasteiger partial charge in [-0.25, -0.2) is 14.6 Å². The summed E-state index contributed by atoms with van der Waals surface area (Å²) in [7, 11) is 1.63. The summed E-state index contributed by atoms with van der Waals surface area (Å²) in [4.78, 5) is 9.05. The normalized spacial score (nSPS) is 9.62. The van der Waals surface area contributed by atoms with Gasteiger partial charge in [-0.3, -0.25) is 0 Å². The summed E-state index contributed by atoms with van der Waals surface area (Å²) in [5, 5.41) is 4.24. The van der Waals surface area contributed by atoms with Crippen LogP contribution in [0.1, 0.15) is 52.4 Å². The van der Waals surface area contributed by atoms with Crippen molar-refractivity contribution in [2.75, 3.05) is 12.8 Å². The SMILES string of the molecule is C=C(C)c1nc(-c2ccc(-n3cccn3)cc2OC)c(C)nc1N.CC.CCC. The summed E-state index contributed by atoms with van der Waals surface area (Å²) < 4.78 is 7.33. The van der Waals surface area contributed by atoms with E-state index in [4.69, 9.17) is 10.5 Å². The van der Waals surface area contributed by atoms with Crippen LogP contribution in [0.3, 0.4) is 0 Å². The molecule has 0 amide bonds. The fourth-order valence-corrected chi connectivity index (χ4v) is 2.55. The molecule has 0 bridgehead atoms. The monoisotopic (exact) mass is 395 g/mol. The van der Waals surface area contributed by atoms with Gasteiger partial charge in [0.1, 0.15) is 17.3 Å². The highest BCUT2D eigenvalue weighted by atomic mass is 16.5. The Bertz CT molecular complexity index is 917. The first-order chi connectivity index (χ1) is 13.9. The number of rotatable bonds is 4. The molecule has 3 rings (SSSR count). The minimum Gasteiger partial charge on any atom is -0.496 e. The largest absolute Gasteiger partial charge is 0.496 e. The number of nitrogens with zero attached hydrogens (tertiary/aromatic N) is 4. The molecule has 0 aliphatic carbocycles.